The number of carboxylic acids is 1. The van der Waals surface area contributed by atoms with Crippen LogP contribution in [-0.4, -0.2) is 42.1 Å². The van der Waals surface area contributed by atoms with Crippen LogP contribution in [-0.2, 0) is 14.8 Å². The number of aliphatic carboxylic acids is 1. The molecule has 0 bridgehead atoms. The molecule has 3 atom stereocenters. The number of nitrogens with zero attached hydrogens (tertiary/aromatic N) is 1. The van der Waals surface area contributed by atoms with Crippen molar-refractivity contribution in [3.8, 4) is 0 Å². The Labute approximate surface area is 102 Å². The molecule has 5 nitrogen and oxygen atoms in total. The fourth-order valence-corrected chi connectivity index (χ4v) is 5.22. The molecule has 0 radical (unpaired) electrons. The Morgan fingerprint density at radius 1 is 1.29 bits per heavy atom. The normalized spacial score (nSPS) is 35.2. The second-order valence-electron chi connectivity index (χ2n) is 5.21. The number of sulfonamides is 1. The van der Waals surface area contributed by atoms with Crippen molar-refractivity contribution in [3.05, 3.63) is 0 Å². The average Bonchev–Trinajstić information content (AvgIpc) is 2.84. The number of rotatable bonds is 3. The lowest BCUT2D eigenvalue weighted by molar-refractivity contribution is -0.141. The average molecular weight is 261 g/mol. The fourth-order valence-electron chi connectivity index (χ4n) is 2.88. The zero-order valence-corrected chi connectivity index (χ0v) is 10.8. The van der Waals surface area contributed by atoms with E-state index in [-0.39, 0.29) is 0 Å². The summed E-state index contributed by atoms with van der Waals surface area (Å²) in [4.78, 5) is 11.1. The summed E-state index contributed by atoms with van der Waals surface area (Å²) < 4.78 is 26.2. The first-order valence-electron chi connectivity index (χ1n) is 6.14. The van der Waals surface area contributed by atoms with Gasteiger partial charge in [-0.2, -0.15) is 0 Å². The highest BCUT2D eigenvalue weighted by atomic mass is 32.2. The van der Waals surface area contributed by atoms with Crippen LogP contribution in [0.4, 0.5) is 0 Å². The molecule has 1 saturated heterocycles. The summed E-state index contributed by atoms with van der Waals surface area (Å²) in [5, 5.41) is 8.36. The van der Waals surface area contributed by atoms with E-state index in [0.717, 1.165) is 6.42 Å². The minimum Gasteiger partial charge on any atom is -0.481 e. The van der Waals surface area contributed by atoms with Gasteiger partial charge in [0.1, 0.15) is 0 Å². The predicted molar refractivity (Wildman–Crippen MR) is 63.0 cm³/mol. The summed E-state index contributed by atoms with van der Waals surface area (Å²) in [5.41, 5.74) is 0. The van der Waals surface area contributed by atoms with E-state index in [2.05, 4.69) is 0 Å². The first kappa shape index (κ1) is 12.8. The molecule has 1 heterocycles. The van der Waals surface area contributed by atoms with Crippen LogP contribution in [0.5, 0.6) is 0 Å². The van der Waals surface area contributed by atoms with Gasteiger partial charge in [-0.1, -0.05) is 13.3 Å². The summed E-state index contributed by atoms with van der Waals surface area (Å²) in [5.74, 6) is -1.30. The van der Waals surface area contributed by atoms with E-state index in [9.17, 15) is 13.2 Å². The van der Waals surface area contributed by atoms with Gasteiger partial charge in [-0.05, 0) is 25.2 Å². The van der Waals surface area contributed by atoms with E-state index in [0.29, 0.717) is 38.3 Å². The second kappa shape index (κ2) is 4.57. The van der Waals surface area contributed by atoms with E-state index in [1.54, 1.807) is 0 Å². The maximum absolute atomic E-state index is 12.4. The highest BCUT2D eigenvalue weighted by Gasteiger charge is 2.45. The summed E-state index contributed by atoms with van der Waals surface area (Å²) in [6.45, 7) is 3.12. The summed E-state index contributed by atoms with van der Waals surface area (Å²) >= 11 is 0. The summed E-state index contributed by atoms with van der Waals surface area (Å²) in [7, 11) is -3.41. The number of carbonyl (C=O) groups is 1. The molecule has 2 fully saturated rings. The quantitative estimate of drug-likeness (QED) is 0.819. The van der Waals surface area contributed by atoms with Crippen LogP contribution >= 0.6 is 0 Å². The van der Waals surface area contributed by atoms with Crippen molar-refractivity contribution in [1.82, 2.24) is 4.31 Å². The van der Waals surface area contributed by atoms with E-state index in [4.69, 9.17) is 5.11 Å². The van der Waals surface area contributed by atoms with E-state index >= 15 is 0 Å². The molecule has 0 amide bonds. The molecule has 17 heavy (non-hydrogen) atoms. The molecule has 1 aliphatic heterocycles. The van der Waals surface area contributed by atoms with Crippen LogP contribution in [0, 0.1) is 11.8 Å². The molecule has 0 aromatic carbocycles. The SMILES string of the molecule is CC1CCN(S(=O)(=O)C2CCCC2C(=O)O)C1. The zero-order chi connectivity index (χ0) is 12.6. The largest absolute Gasteiger partial charge is 0.481 e. The third-order valence-corrected chi connectivity index (χ3v) is 6.28. The van der Waals surface area contributed by atoms with Gasteiger partial charge in [0.25, 0.3) is 0 Å². The van der Waals surface area contributed by atoms with Crippen LogP contribution < -0.4 is 0 Å². The lowest BCUT2D eigenvalue weighted by atomic mass is 10.1. The minimum atomic E-state index is -3.41. The first-order chi connectivity index (χ1) is 7.93. The number of hydrogen-bond donors (Lipinski definition) is 1. The third kappa shape index (κ3) is 2.33. The van der Waals surface area contributed by atoms with Crippen molar-refractivity contribution in [2.24, 2.45) is 11.8 Å². The molecule has 1 saturated carbocycles. The molecular weight excluding hydrogens is 242 g/mol. The van der Waals surface area contributed by atoms with Gasteiger partial charge in [-0.25, -0.2) is 12.7 Å². The van der Waals surface area contributed by atoms with Crippen molar-refractivity contribution >= 4 is 16.0 Å². The molecule has 0 aromatic heterocycles. The van der Waals surface area contributed by atoms with Crippen molar-refractivity contribution in [3.63, 3.8) is 0 Å². The molecule has 1 aliphatic carbocycles. The van der Waals surface area contributed by atoms with Crippen molar-refractivity contribution in [2.75, 3.05) is 13.1 Å². The Bertz CT molecular complexity index is 406. The van der Waals surface area contributed by atoms with Crippen molar-refractivity contribution in [2.45, 2.75) is 37.9 Å². The van der Waals surface area contributed by atoms with Gasteiger partial charge in [-0.3, -0.25) is 4.79 Å². The van der Waals surface area contributed by atoms with Gasteiger partial charge >= 0.3 is 5.97 Å². The zero-order valence-electron chi connectivity index (χ0n) is 10.0. The Balaban J connectivity index is 2.17. The minimum absolute atomic E-state index is 0.384. The van der Waals surface area contributed by atoms with Crippen LogP contribution in [0.1, 0.15) is 32.6 Å². The van der Waals surface area contributed by atoms with E-state index < -0.39 is 27.2 Å². The third-order valence-electron chi connectivity index (χ3n) is 3.90. The van der Waals surface area contributed by atoms with Crippen LogP contribution in [0.2, 0.25) is 0 Å². The standard InChI is InChI=1S/C11H19NO4S/c1-8-5-6-12(7-8)17(15,16)10-4-2-3-9(10)11(13)14/h8-10H,2-7H2,1H3,(H,13,14). The molecule has 1 N–H and O–H groups in total. The maximum atomic E-state index is 12.4. The van der Waals surface area contributed by atoms with E-state index in [1.807, 2.05) is 6.92 Å². The van der Waals surface area contributed by atoms with Gasteiger partial charge in [0.2, 0.25) is 10.0 Å². The molecule has 0 spiro atoms. The first-order valence-corrected chi connectivity index (χ1v) is 7.65. The van der Waals surface area contributed by atoms with Crippen LogP contribution in [0.15, 0.2) is 0 Å². The summed E-state index contributed by atoms with van der Waals surface area (Å²) in [6, 6.07) is 0. The van der Waals surface area contributed by atoms with Gasteiger partial charge in [-0.15, -0.1) is 0 Å². The van der Waals surface area contributed by atoms with Gasteiger partial charge in [0, 0.05) is 13.1 Å². The molecule has 2 rings (SSSR count). The molecule has 98 valence electrons. The van der Waals surface area contributed by atoms with E-state index in [1.165, 1.54) is 4.31 Å². The van der Waals surface area contributed by atoms with Gasteiger partial charge < -0.3 is 5.11 Å². The fraction of sp³-hybridized carbons (Fsp3) is 0.909. The molecule has 2 aliphatic rings. The van der Waals surface area contributed by atoms with Crippen LogP contribution in [0.25, 0.3) is 0 Å². The number of carboxylic acid groups (broad SMARTS) is 1. The maximum Gasteiger partial charge on any atom is 0.307 e. The Morgan fingerprint density at radius 2 is 2.00 bits per heavy atom. The Morgan fingerprint density at radius 3 is 2.53 bits per heavy atom. The Kier molecular flexibility index (Phi) is 3.45. The monoisotopic (exact) mass is 261 g/mol. The Hall–Kier alpha value is -0.620. The van der Waals surface area contributed by atoms with Gasteiger partial charge in [0.05, 0.1) is 11.2 Å². The molecule has 3 unspecified atom stereocenters. The number of hydrogen-bond acceptors (Lipinski definition) is 3. The smallest absolute Gasteiger partial charge is 0.307 e. The molecular formula is C11H19NO4S. The predicted octanol–water partition coefficient (Wildman–Crippen LogP) is 0.911. The second-order valence-corrected chi connectivity index (χ2v) is 7.36. The van der Waals surface area contributed by atoms with Crippen molar-refractivity contribution < 1.29 is 18.3 Å². The van der Waals surface area contributed by atoms with Crippen molar-refractivity contribution in [1.29, 1.82) is 0 Å². The molecule has 0 aromatic rings. The lowest BCUT2D eigenvalue weighted by Crippen LogP contribution is -2.41. The van der Waals surface area contributed by atoms with Crippen LogP contribution in [0.3, 0.4) is 0 Å². The highest BCUT2D eigenvalue weighted by molar-refractivity contribution is 7.89. The summed E-state index contributed by atoms with van der Waals surface area (Å²) in [6.07, 6.45) is 2.56. The van der Waals surface area contributed by atoms with Gasteiger partial charge in [0.15, 0.2) is 0 Å². The highest BCUT2D eigenvalue weighted by Crippen LogP contribution is 2.34. The topological polar surface area (TPSA) is 74.7 Å². The molecule has 6 heteroatoms. The lowest BCUT2D eigenvalue weighted by Gasteiger charge is -2.23.